The summed E-state index contributed by atoms with van der Waals surface area (Å²) in [4.78, 5) is 10.8. The molecule has 0 saturated carbocycles. The van der Waals surface area contributed by atoms with Gasteiger partial charge < -0.3 is 20.5 Å². The summed E-state index contributed by atoms with van der Waals surface area (Å²) in [5.74, 6) is 0.342. The Balaban J connectivity index is 1.86. The molecule has 0 saturated heterocycles. The Morgan fingerprint density at radius 2 is 2.00 bits per heavy atom. The summed E-state index contributed by atoms with van der Waals surface area (Å²) in [7, 11) is 1.51. The van der Waals surface area contributed by atoms with Crippen LogP contribution in [0.25, 0.3) is 0 Å². The van der Waals surface area contributed by atoms with Crippen LogP contribution < -0.4 is 25.9 Å². The van der Waals surface area contributed by atoms with E-state index in [4.69, 9.17) is 27.4 Å². The highest BCUT2D eigenvalue weighted by Gasteiger charge is 2.06. The lowest BCUT2D eigenvalue weighted by atomic mass is 10.2. The van der Waals surface area contributed by atoms with Crippen LogP contribution in [0.2, 0.25) is 0 Å². The number of nitrogens with one attached hydrogen (secondary N) is 2. The van der Waals surface area contributed by atoms with Crippen molar-refractivity contribution in [3.63, 3.8) is 0 Å². The molecule has 0 aromatic heterocycles. The van der Waals surface area contributed by atoms with Gasteiger partial charge in [-0.05, 0) is 41.5 Å². The van der Waals surface area contributed by atoms with Gasteiger partial charge in [-0.3, -0.25) is 10.2 Å². The fraction of sp³-hybridized carbons (Fsp3) is 0.167. The summed E-state index contributed by atoms with van der Waals surface area (Å²) in [5.41, 5.74) is 9.71. The lowest BCUT2D eigenvalue weighted by Gasteiger charge is -2.10. The molecule has 0 bridgehead atoms. The molecule has 2 rings (SSSR count). The van der Waals surface area contributed by atoms with Crippen LogP contribution in [-0.4, -0.2) is 31.0 Å². The Labute approximate surface area is 157 Å². The molecule has 8 heteroatoms. The monoisotopic (exact) mass is 372 g/mol. The van der Waals surface area contributed by atoms with Crippen LogP contribution in [0, 0.1) is 0 Å². The van der Waals surface area contributed by atoms with E-state index in [1.165, 1.54) is 7.11 Å². The van der Waals surface area contributed by atoms with Gasteiger partial charge >= 0.3 is 0 Å². The molecule has 0 unspecified atom stereocenters. The van der Waals surface area contributed by atoms with Crippen LogP contribution in [0.1, 0.15) is 11.1 Å². The van der Waals surface area contributed by atoms with E-state index in [1.54, 1.807) is 24.4 Å². The maximum atomic E-state index is 10.8. The van der Waals surface area contributed by atoms with Gasteiger partial charge in [0.15, 0.2) is 23.2 Å². The number of methoxy groups -OCH3 is 1. The molecule has 26 heavy (non-hydrogen) atoms. The molecule has 0 aliphatic carbocycles. The molecule has 0 atom stereocenters. The molecule has 0 spiro atoms. The van der Waals surface area contributed by atoms with E-state index in [-0.39, 0.29) is 6.61 Å². The van der Waals surface area contributed by atoms with Crippen LogP contribution in [0.3, 0.4) is 0 Å². The minimum atomic E-state index is -0.557. The van der Waals surface area contributed by atoms with E-state index in [9.17, 15) is 4.79 Å². The smallest absolute Gasteiger partial charge is 0.255 e. The number of amides is 1. The Kier molecular flexibility index (Phi) is 7.38. The van der Waals surface area contributed by atoms with Gasteiger partial charge in [0.2, 0.25) is 0 Å². The summed E-state index contributed by atoms with van der Waals surface area (Å²) >= 11 is 5.17. The molecule has 0 aliphatic heterocycles. The van der Waals surface area contributed by atoms with Crippen molar-refractivity contribution >= 4 is 29.5 Å². The van der Waals surface area contributed by atoms with Crippen molar-refractivity contribution in [1.82, 2.24) is 10.7 Å². The normalized spacial score (nSPS) is 10.3. The van der Waals surface area contributed by atoms with E-state index in [0.717, 1.165) is 11.1 Å². The van der Waals surface area contributed by atoms with Crippen LogP contribution >= 0.6 is 12.2 Å². The zero-order valence-electron chi connectivity index (χ0n) is 14.3. The third-order valence-corrected chi connectivity index (χ3v) is 3.47. The third kappa shape index (κ3) is 6.40. The molecule has 7 nitrogen and oxygen atoms in total. The minimum absolute atomic E-state index is 0.216. The van der Waals surface area contributed by atoms with Crippen molar-refractivity contribution in [2.45, 2.75) is 6.54 Å². The quantitative estimate of drug-likeness (QED) is 0.370. The molecule has 0 aliphatic rings. The number of ether oxygens (including phenoxy) is 2. The molecular weight excluding hydrogens is 352 g/mol. The summed E-state index contributed by atoms with van der Waals surface area (Å²) in [6, 6.07) is 15.1. The number of nitrogens with two attached hydrogens (primary N) is 1. The number of primary amides is 1. The number of hydrogen-bond acceptors (Lipinski definition) is 5. The van der Waals surface area contributed by atoms with Crippen molar-refractivity contribution in [1.29, 1.82) is 0 Å². The number of thiocarbonyl (C=S) groups is 1. The standard InChI is InChI=1S/C18H20N4O3S/c1-24-16-9-14(7-8-15(16)25-12-17(19)23)11-21-22-18(26)20-10-13-5-3-2-4-6-13/h2-9,11H,10,12H2,1H3,(H2,19,23)(H2,20,22,26)/b21-11-. The maximum absolute atomic E-state index is 10.8. The maximum Gasteiger partial charge on any atom is 0.255 e. The number of hydrogen-bond donors (Lipinski definition) is 3. The fourth-order valence-electron chi connectivity index (χ4n) is 2.02. The molecule has 0 heterocycles. The second-order valence-electron chi connectivity index (χ2n) is 5.20. The van der Waals surface area contributed by atoms with E-state index in [2.05, 4.69) is 15.8 Å². The van der Waals surface area contributed by atoms with Crippen molar-refractivity contribution in [2.75, 3.05) is 13.7 Å². The Hall–Kier alpha value is -3.13. The lowest BCUT2D eigenvalue weighted by molar-refractivity contribution is -0.119. The highest BCUT2D eigenvalue weighted by molar-refractivity contribution is 7.80. The predicted molar refractivity (Wildman–Crippen MR) is 104 cm³/mol. The molecule has 4 N–H and O–H groups in total. The molecular formula is C18H20N4O3S. The van der Waals surface area contributed by atoms with Crippen LogP contribution in [0.15, 0.2) is 53.6 Å². The van der Waals surface area contributed by atoms with Gasteiger partial charge in [-0.1, -0.05) is 30.3 Å². The SMILES string of the molecule is COc1cc(/C=N\NC(=S)NCc2ccccc2)ccc1OCC(N)=O. The zero-order valence-corrected chi connectivity index (χ0v) is 15.1. The Bertz CT molecular complexity index is 781. The number of carbonyl (C=O) groups excluding carboxylic acids is 1. The second-order valence-corrected chi connectivity index (χ2v) is 5.61. The zero-order chi connectivity index (χ0) is 18.8. The highest BCUT2D eigenvalue weighted by Crippen LogP contribution is 2.27. The molecule has 0 fully saturated rings. The average Bonchev–Trinajstić information content (AvgIpc) is 2.66. The van der Waals surface area contributed by atoms with Gasteiger partial charge in [0.05, 0.1) is 13.3 Å². The number of rotatable bonds is 8. The molecule has 2 aromatic rings. The topological polar surface area (TPSA) is 98.0 Å². The van der Waals surface area contributed by atoms with Gasteiger partial charge in [-0.15, -0.1) is 0 Å². The molecule has 2 aromatic carbocycles. The first-order valence-electron chi connectivity index (χ1n) is 7.78. The molecule has 0 radical (unpaired) electrons. The third-order valence-electron chi connectivity index (χ3n) is 3.23. The first-order valence-corrected chi connectivity index (χ1v) is 8.19. The molecule has 136 valence electrons. The van der Waals surface area contributed by atoms with Crippen LogP contribution in [0.5, 0.6) is 11.5 Å². The van der Waals surface area contributed by atoms with E-state index < -0.39 is 5.91 Å². The summed E-state index contributed by atoms with van der Waals surface area (Å²) in [6.45, 7) is 0.397. The minimum Gasteiger partial charge on any atom is -0.493 e. The Morgan fingerprint density at radius 1 is 1.23 bits per heavy atom. The number of benzene rings is 2. The van der Waals surface area contributed by atoms with Crippen molar-refractivity contribution in [3.05, 3.63) is 59.7 Å². The first kappa shape index (κ1) is 19.2. The van der Waals surface area contributed by atoms with Crippen molar-refractivity contribution in [2.24, 2.45) is 10.8 Å². The van der Waals surface area contributed by atoms with E-state index in [0.29, 0.717) is 23.2 Å². The van der Waals surface area contributed by atoms with E-state index in [1.807, 2.05) is 30.3 Å². The van der Waals surface area contributed by atoms with Gasteiger partial charge in [-0.25, -0.2) is 0 Å². The number of nitrogens with zero attached hydrogens (tertiary/aromatic N) is 1. The van der Waals surface area contributed by atoms with Crippen LogP contribution in [0.4, 0.5) is 0 Å². The van der Waals surface area contributed by atoms with Gasteiger partial charge in [0, 0.05) is 6.54 Å². The largest absolute Gasteiger partial charge is 0.493 e. The van der Waals surface area contributed by atoms with Gasteiger partial charge in [-0.2, -0.15) is 5.10 Å². The van der Waals surface area contributed by atoms with Crippen LogP contribution in [-0.2, 0) is 11.3 Å². The summed E-state index contributed by atoms with van der Waals surface area (Å²) in [6.07, 6.45) is 1.59. The summed E-state index contributed by atoms with van der Waals surface area (Å²) < 4.78 is 10.5. The number of hydrazone groups is 1. The predicted octanol–water partition coefficient (Wildman–Crippen LogP) is 1.56. The van der Waals surface area contributed by atoms with Gasteiger partial charge in [0.1, 0.15) is 0 Å². The average molecular weight is 372 g/mol. The second kappa shape index (κ2) is 10.00. The van der Waals surface area contributed by atoms with E-state index >= 15 is 0 Å². The van der Waals surface area contributed by atoms with Crippen molar-refractivity contribution < 1.29 is 14.3 Å². The Morgan fingerprint density at radius 3 is 2.69 bits per heavy atom. The molecule has 1 amide bonds. The van der Waals surface area contributed by atoms with Crippen molar-refractivity contribution in [3.8, 4) is 11.5 Å². The summed E-state index contributed by atoms with van der Waals surface area (Å²) in [5, 5.41) is 7.56. The lowest BCUT2D eigenvalue weighted by Crippen LogP contribution is -2.31. The first-order chi connectivity index (χ1) is 12.6. The van der Waals surface area contributed by atoms with Gasteiger partial charge in [0.25, 0.3) is 5.91 Å². The number of carbonyl (C=O) groups is 1. The fourth-order valence-corrected chi connectivity index (χ4v) is 2.14. The highest BCUT2D eigenvalue weighted by atomic mass is 32.1.